The van der Waals surface area contributed by atoms with E-state index in [-0.39, 0.29) is 6.54 Å². The van der Waals surface area contributed by atoms with Crippen molar-refractivity contribution in [2.75, 3.05) is 6.54 Å². The van der Waals surface area contributed by atoms with Gasteiger partial charge in [0, 0.05) is 6.54 Å². The summed E-state index contributed by atoms with van der Waals surface area (Å²) in [6, 6.07) is 16.3. The van der Waals surface area contributed by atoms with Crippen molar-refractivity contribution in [3.8, 4) is 11.5 Å². The van der Waals surface area contributed by atoms with Crippen LogP contribution in [-0.2, 0) is 0 Å². The number of aliphatic hydroxyl groups is 2. The van der Waals surface area contributed by atoms with Gasteiger partial charge in [-0.3, -0.25) is 0 Å². The highest BCUT2D eigenvalue weighted by atomic mass is 16.5. The summed E-state index contributed by atoms with van der Waals surface area (Å²) in [6.45, 7) is 0.0173. The van der Waals surface area contributed by atoms with Gasteiger partial charge in [-0.05, 0) is 29.8 Å². The molecule has 4 nitrogen and oxygen atoms in total. The smallest absolute Gasteiger partial charge is 0.127 e. The number of rotatable bonds is 5. The lowest BCUT2D eigenvalue weighted by Crippen LogP contribution is -2.27. The molecule has 19 heavy (non-hydrogen) atoms. The molecule has 2 unspecified atom stereocenters. The fourth-order valence-electron chi connectivity index (χ4n) is 1.71. The molecule has 4 heteroatoms. The molecule has 2 atom stereocenters. The van der Waals surface area contributed by atoms with Crippen LogP contribution in [0.1, 0.15) is 11.7 Å². The molecule has 2 aromatic carbocycles. The summed E-state index contributed by atoms with van der Waals surface area (Å²) in [5, 5.41) is 19.3. The highest BCUT2D eigenvalue weighted by molar-refractivity contribution is 5.33. The largest absolute Gasteiger partial charge is 0.457 e. The van der Waals surface area contributed by atoms with Crippen molar-refractivity contribution in [3.63, 3.8) is 0 Å². The Morgan fingerprint density at radius 2 is 1.47 bits per heavy atom. The van der Waals surface area contributed by atoms with Crippen LogP contribution >= 0.6 is 0 Å². The molecular weight excluding hydrogens is 242 g/mol. The van der Waals surface area contributed by atoms with E-state index in [9.17, 15) is 10.2 Å². The lowest BCUT2D eigenvalue weighted by molar-refractivity contribution is 0.0243. The predicted octanol–water partition coefficient (Wildman–Crippen LogP) is 1.83. The second-order valence-corrected chi connectivity index (χ2v) is 4.23. The fraction of sp³-hybridized carbons (Fsp3) is 0.200. The van der Waals surface area contributed by atoms with E-state index in [4.69, 9.17) is 10.5 Å². The Morgan fingerprint density at radius 3 is 2.05 bits per heavy atom. The Morgan fingerprint density at radius 1 is 0.895 bits per heavy atom. The molecule has 0 radical (unpaired) electrons. The van der Waals surface area contributed by atoms with Gasteiger partial charge in [0.1, 0.15) is 17.6 Å². The van der Waals surface area contributed by atoms with Crippen molar-refractivity contribution in [1.29, 1.82) is 0 Å². The summed E-state index contributed by atoms with van der Waals surface area (Å²) in [7, 11) is 0. The summed E-state index contributed by atoms with van der Waals surface area (Å²) < 4.78 is 5.63. The zero-order chi connectivity index (χ0) is 13.7. The van der Waals surface area contributed by atoms with E-state index in [0.29, 0.717) is 11.3 Å². The van der Waals surface area contributed by atoms with Crippen LogP contribution < -0.4 is 10.5 Å². The van der Waals surface area contributed by atoms with Gasteiger partial charge in [-0.25, -0.2) is 0 Å². The summed E-state index contributed by atoms with van der Waals surface area (Å²) in [6.07, 6.45) is -1.93. The third kappa shape index (κ3) is 3.54. The van der Waals surface area contributed by atoms with Crippen LogP contribution in [0.15, 0.2) is 54.6 Å². The van der Waals surface area contributed by atoms with Crippen molar-refractivity contribution in [2.45, 2.75) is 12.2 Å². The van der Waals surface area contributed by atoms with Crippen LogP contribution in [0, 0.1) is 0 Å². The SMILES string of the molecule is NCC(O)C(O)c1ccc(Oc2ccccc2)cc1. The molecule has 0 spiro atoms. The number of aliphatic hydroxyl groups excluding tert-OH is 2. The molecule has 0 heterocycles. The Balaban J connectivity index is 2.06. The van der Waals surface area contributed by atoms with E-state index < -0.39 is 12.2 Å². The van der Waals surface area contributed by atoms with E-state index in [1.54, 1.807) is 24.3 Å². The normalized spacial score (nSPS) is 13.8. The summed E-state index contributed by atoms with van der Waals surface area (Å²) in [5.41, 5.74) is 5.92. The monoisotopic (exact) mass is 259 g/mol. The van der Waals surface area contributed by atoms with Crippen LogP contribution in [0.2, 0.25) is 0 Å². The van der Waals surface area contributed by atoms with E-state index in [1.165, 1.54) is 0 Å². The number of benzene rings is 2. The van der Waals surface area contributed by atoms with Gasteiger partial charge in [0.2, 0.25) is 0 Å². The lowest BCUT2D eigenvalue weighted by Gasteiger charge is -2.16. The zero-order valence-corrected chi connectivity index (χ0v) is 10.4. The average Bonchev–Trinajstić information content (AvgIpc) is 2.47. The second kappa shape index (κ2) is 6.33. The maximum Gasteiger partial charge on any atom is 0.127 e. The van der Waals surface area contributed by atoms with Crippen LogP contribution in [0.25, 0.3) is 0 Å². The Bertz CT molecular complexity index is 499. The average molecular weight is 259 g/mol. The molecule has 2 aromatic rings. The highest BCUT2D eigenvalue weighted by Crippen LogP contribution is 2.24. The minimum absolute atomic E-state index is 0.0173. The minimum Gasteiger partial charge on any atom is -0.457 e. The molecule has 0 fully saturated rings. The van der Waals surface area contributed by atoms with Crippen molar-refractivity contribution in [1.82, 2.24) is 0 Å². The van der Waals surface area contributed by atoms with E-state index >= 15 is 0 Å². The van der Waals surface area contributed by atoms with Crippen LogP contribution in [0.4, 0.5) is 0 Å². The van der Waals surface area contributed by atoms with E-state index in [0.717, 1.165) is 5.75 Å². The second-order valence-electron chi connectivity index (χ2n) is 4.23. The quantitative estimate of drug-likeness (QED) is 0.765. The molecule has 0 aliphatic carbocycles. The standard InChI is InChI=1S/C15H17NO3/c16-10-14(17)15(18)11-6-8-13(9-7-11)19-12-4-2-1-3-5-12/h1-9,14-15,17-18H,10,16H2. The van der Waals surface area contributed by atoms with Crippen molar-refractivity contribution < 1.29 is 14.9 Å². The number of hydrogen-bond acceptors (Lipinski definition) is 4. The molecule has 0 aliphatic rings. The highest BCUT2D eigenvalue weighted by Gasteiger charge is 2.16. The molecule has 0 bridgehead atoms. The third-order valence-corrected chi connectivity index (χ3v) is 2.81. The first-order valence-electron chi connectivity index (χ1n) is 6.10. The summed E-state index contributed by atoms with van der Waals surface area (Å²) in [4.78, 5) is 0. The topological polar surface area (TPSA) is 75.7 Å². The minimum atomic E-state index is -0.976. The van der Waals surface area contributed by atoms with Gasteiger partial charge in [-0.15, -0.1) is 0 Å². The predicted molar refractivity (Wildman–Crippen MR) is 73.0 cm³/mol. The number of nitrogens with two attached hydrogens (primary N) is 1. The Kier molecular flexibility index (Phi) is 4.52. The van der Waals surface area contributed by atoms with Gasteiger partial charge in [0.25, 0.3) is 0 Å². The molecule has 2 rings (SSSR count). The molecule has 0 aromatic heterocycles. The van der Waals surface area contributed by atoms with Gasteiger partial charge in [-0.1, -0.05) is 30.3 Å². The van der Waals surface area contributed by atoms with Crippen molar-refractivity contribution in [2.24, 2.45) is 5.73 Å². The van der Waals surface area contributed by atoms with Crippen molar-refractivity contribution >= 4 is 0 Å². The molecule has 0 amide bonds. The van der Waals surface area contributed by atoms with Gasteiger partial charge >= 0.3 is 0 Å². The Labute approximate surface area is 112 Å². The van der Waals surface area contributed by atoms with Crippen LogP contribution in [0.5, 0.6) is 11.5 Å². The first-order chi connectivity index (χ1) is 9.20. The zero-order valence-electron chi connectivity index (χ0n) is 10.4. The van der Waals surface area contributed by atoms with E-state index in [1.807, 2.05) is 30.3 Å². The lowest BCUT2D eigenvalue weighted by atomic mass is 10.0. The summed E-state index contributed by atoms with van der Waals surface area (Å²) >= 11 is 0. The van der Waals surface area contributed by atoms with Gasteiger partial charge in [0.15, 0.2) is 0 Å². The molecular formula is C15H17NO3. The fourth-order valence-corrected chi connectivity index (χ4v) is 1.71. The molecule has 0 saturated carbocycles. The first-order valence-corrected chi connectivity index (χ1v) is 6.10. The van der Waals surface area contributed by atoms with Gasteiger partial charge in [0.05, 0.1) is 6.10 Å². The number of ether oxygens (including phenoxy) is 1. The third-order valence-electron chi connectivity index (χ3n) is 2.81. The molecule has 0 saturated heterocycles. The van der Waals surface area contributed by atoms with Gasteiger partial charge < -0.3 is 20.7 Å². The molecule has 0 aliphatic heterocycles. The number of para-hydroxylation sites is 1. The maximum absolute atomic E-state index is 9.80. The summed E-state index contributed by atoms with van der Waals surface area (Å²) in [5.74, 6) is 1.42. The maximum atomic E-state index is 9.80. The number of hydrogen-bond donors (Lipinski definition) is 3. The van der Waals surface area contributed by atoms with Crippen molar-refractivity contribution in [3.05, 3.63) is 60.2 Å². The molecule has 100 valence electrons. The Hall–Kier alpha value is -1.88. The van der Waals surface area contributed by atoms with Gasteiger partial charge in [-0.2, -0.15) is 0 Å². The first kappa shape index (κ1) is 13.5. The van der Waals surface area contributed by atoms with E-state index in [2.05, 4.69) is 0 Å². The van der Waals surface area contributed by atoms with Crippen LogP contribution in [-0.4, -0.2) is 22.9 Å². The molecule has 4 N–H and O–H groups in total. The van der Waals surface area contributed by atoms with Crippen LogP contribution in [0.3, 0.4) is 0 Å².